The van der Waals surface area contributed by atoms with Crippen LogP contribution in [0.5, 0.6) is 0 Å². The van der Waals surface area contributed by atoms with Crippen molar-refractivity contribution >= 4 is 0 Å². The molecule has 0 amide bonds. The molecule has 0 aromatic rings. The zero-order chi connectivity index (χ0) is 22.2. The molecule has 0 bridgehead atoms. The smallest absolute Gasteiger partial charge is 0.0172 e. The van der Waals surface area contributed by atoms with Crippen molar-refractivity contribution in [2.45, 2.75) is 122 Å². The molecule has 6 rings (SSSR count). The molecule has 0 radical (unpaired) electrons. The molecule has 4 saturated carbocycles. The van der Waals surface area contributed by atoms with E-state index in [2.05, 4.69) is 25.2 Å². The normalized spacial score (nSPS) is 48.5. The first-order valence-electron chi connectivity index (χ1n) is 15.7. The molecule has 0 nitrogen and oxygen atoms in total. The Kier molecular flexibility index (Phi) is 7.10. The van der Waals surface area contributed by atoms with Crippen LogP contribution in [0.25, 0.3) is 0 Å². The predicted molar refractivity (Wildman–Crippen MR) is 141 cm³/mol. The average Bonchev–Trinajstić information content (AvgIpc) is 2.86. The summed E-state index contributed by atoms with van der Waals surface area (Å²) < 4.78 is 0. The zero-order valence-corrected chi connectivity index (χ0v) is 21.7. The van der Waals surface area contributed by atoms with Gasteiger partial charge in [0.15, 0.2) is 0 Å². The van der Waals surface area contributed by atoms with E-state index >= 15 is 0 Å². The van der Waals surface area contributed by atoms with Gasteiger partial charge in [-0.05, 0) is 136 Å². The molecule has 0 aromatic carbocycles. The minimum Gasteiger partial charge on any atom is -0.0882 e. The lowest BCUT2D eigenvalue weighted by Crippen LogP contribution is -2.46. The summed E-state index contributed by atoms with van der Waals surface area (Å²) in [5, 5.41) is 0. The number of allylic oxidation sites excluding steroid dienone is 4. The predicted octanol–water partition coefficient (Wildman–Crippen LogP) is 9.75. The molecular weight excluding hydrogens is 396 g/mol. The van der Waals surface area contributed by atoms with E-state index in [0.717, 1.165) is 59.2 Å². The molecule has 10 unspecified atom stereocenters. The quantitative estimate of drug-likeness (QED) is 0.369. The molecule has 10 atom stereocenters. The van der Waals surface area contributed by atoms with E-state index < -0.39 is 0 Å². The van der Waals surface area contributed by atoms with Gasteiger partial charge in [-0.1, -0.05) is 69.2 Å². The maximum atomic E-state index is 2.71. The van der Waals surface area contributed by atoms with Gasteiger partial charge in [0.05, 0.1) is 0 Å². The fourth-order valence-corrected chi connectivity index (χ4v) is 11.0. The Bertz CT molecular complexity index is 714. The van der Waals surface area contributed by atoms with Crippen molar-refractivity contribution in [2.24, 2.45) is 59.2 Å². The summed E-state index contributed by atoms with van der Waals surface area (Å²) in [6, 6.07) is 0. The van der Waals surface area contributed by atoms with Crippen molar-refractivity contribution in [3.05, 3.63) is 23.8 Å². The lowest BCUT2D eigenvalue weighted by molar-refractivity contribution is -0.0387. The highest BCUT2D eigenvalue weighted by molar-refractivity contribution is 5.15. The molecule has 0 N–H and O–H groups in total. The van der Waals surface area contributed by atoms with E-state index in [-0.39, 0.29) is 0 Å². The van der Waals surface area contributed by atoms with Gasteiger partial charge in [-0.3, -0.25) is 0 Å². The summed E-state index contributed by atoms with van der Waals surface area (Å²) in [5.41, 5.74) is 1.92. The van der Waals surface area contributed by atoms with Gasteiger partial charge in [-0.25, -0.2) is 0 Å². The Morgan fingerprint density at radius 1 is 0.576 bits per heavy atom. The van der Waals surface area contributed by atoms with Crippen LogP contribution >= 0.6 is 0 Å². The highest BCUT2D eigenvalue weighted by atomic mass is 14.5. The highest BCUT2D eigenvalue weighted by Gasteiger charge is 2.49. The summed E-state index contributed by atoms with van der Waals surface area (Å²) >= 11 is 0. The van der Waals surface area contributed by atoms with Crippen molar-refractivity contribution in [3.63, 3.8) is 0 Å². The van der Waals surface area contributed by atoms with Crippen molar-refractivity contribution in [3.8, 4) is 0 Å². The van der Waals surface area contributed by atoms with Gasteiger partial charge in [-0.15, -0.1) is 0 Å². The van der Waals surface area contributed by atoms with Gasteiger partial charge in [0, 0.05) is 0 Å². The van der Waals surface area contributed by atoms with Gasteiger partial charge in [0.1, 0.15) is 0 Å². The molecule has 6 aliphatic carbocycles. The van der Waals surface area contributed by atoms with Gasteiger partial charge in [0.2, 0.25) is 0 Å². The van der Waals surface area contributed by atoms with Gasteiger partial charge in [-0.2, -0.15) is 0 Å². The van der Waals surface area contributed by atoms with Crippen LogP contribution in [0.2, 0.25) is 0 Å². The maximum absolute atomic E-state index is 2.71. The molecule has 0 saturated heterocycles. The Morgan fingerprint density at radius 2 is 1.27 bits per heavy atom. The fraction of sp³-hybridized carbons (Fsp3) is 0.879. The molecule has 0 aromatic heterocycles. The SMILES string of the molecule is CC1CCCC(C2CCC=C3CCCCC32)C2CCCCC2C1C1CCCC2C=CCCC21. The second-order valence-electron chi connectivity index (χ2n) is 13.6. The zero-order valence-electron chi connectivity index (χ0n) is 21.7. The first-order chi connectivity index (χ1) is 16.3. The van der Waals surface area contributed by atoms with E-state index in [0.29, 0.717) is 0 Å². The van der Waals surface area contributed by atoms with E-state index in [1.165, 1.54) is 89.9 Å². The first-order valence-corrected chi connectivity index (χ1v) is 15.7. The Hall–Kier alpha value is -0.520. The van der Waals surface area contributed by atoms with Crippen LogP contribution < -0.4 is 0 Å². The third-order valence-corrected chi connectivity index (χ3v) is 12.2. The summed E-state index contributed by atoms with van der Waals surface area (Å²) in [4.78, 5) is 0. The van der Waals surface area contributed by atoms with Crippen LogP contribution in [0.15, 0.2) is 23.8 Å². The van der Waals surface area contributed by atoms with Crippen molar-refractivity contribution in [1.29, 1.82) is 0 Å². The molecule has 6 aliphatic rings. The van der Waals surface area contributed by atoms with E-state index in [1.807, 2.05) is 5.57 Å². The third kappa shape index (κ3) is 4.44. The monoisotopic (exact) mass is 448 g/mol. The van der Waals surface area contributed by atoms with Gasteiger partial charge >= 0.3 is 0 Å². The average molecular weight is 449 g/mol. The molecule has 0 spiro atoms. The molecule has 4 fully saturated rings. The van der Waals surface area contributed by atoms with Crippen molar-refractivity contribution in [2.75, 3.05) is 0 Å². The van der Waals surface area contributed by atoms with Crippen molar-refractivity contribution in [1.82, 2.24) is 0 Å². The number of hydrogen-bond donors (Lipinski definition) is 0. The van der Waals surface area contributed by atoms with Crippen LogP contribution in [-0.2, 0) is 0 Å². The topological polar surface area (TPSA) is 0 Å². The molecular formula is C33H52. The Labute approximate surface area is 205 Å². The molecule has 0 heterocycles. The molecule has 0 heteroatoms. The molecule has 33 heavy (non-hydrogen) atoms. The lowest BCUT2D eigenvalue weighted by atomic mass is 9.51. The summed E-state index contributed by atoms with van der Waals surface area (Å²) in [6.07, 6.45) is 35.1. The fourth-order valence-electron chi connectivity index (χ4n) is 11.0. The van der Waals surface area contributed by atoms with Gasteiger partial charge < -0.3 is 0 Å². The molecule has 184 valence electrons. The Morgan fingerprint density at radius 3 is 2.21 bits per heavy atom. The second-order valence-corrected chi connectivity index (χ2v) is 13.6. The highest BCUT2D eigenvalue weighted by Crippen LogP contribution is 2.57. The Balaban J connectivity index is 1.30. The van der Waals surface area contributed by atoms with E-state index in [1.54, 1.807) is 25.7 Å². The van der Waals surface area contributed by atoms with Crippen LogP contribution in [0.1, 0.15) is 122 Å². The summed E-state index contributed by atoms with van der Waals surface area (Å²) in [5.74, 6) is 10.2. The summed E-state index contributed by atoms with van der Waals surface area (Å²) in [6.45, 7) is 2.71. The standard InChI is InChI=1S/C33H52/c1-23-11-8-20-29(28-21-9-14-24-12-2-4-16-26(24)28)30-18-6-7-19-32(30)33(23)31-22-10-15-25-13-3-5-17-27(25)31/h3,13-14,23,25-33H,2,4-12,15-22H2,1H3. The van der Waals surface area contributed by atoms with Crippen LogP contribution in [0.4, 0.5) is 0 Å². The van der Waals surface area contributed by atoms with E-state index in [9.17, 15) is 0 Å². The lowest BCUT2D eigenvalue weighted by Gasteiger charge is -2.54. The number of fused-ring (bicyclic) bond motifs is 3. The summed E-state index contributed by atoms with van der Waals surface area (Å²) in [7, 11) is 0. The number of rotatable bonds is 2. The maximum Gasteiger partial charge on any atom is -0.0172 e. The largest absolute Gasteiger partial charge is 0.0882 e. The van der Waals surface area contributed by atoms with Crippen LogP contribution in [0.3, 0.4) is 0 Å². The minimum absolute atomic E-state index is 0.932. The number of hydrogen-bond acceptors (Lipinski definition) is 0. The third-order valence-electron chi connectivity index (χ3n) is 12.2. The van der Waals surface area contributed by atoms with Crippen molar-refractivity contribution < 1.29 is 0 Å². The second kappa shape index (κ2) is 10.2. The molecule has 0 aliphatic heterocycles. The van der Waals surface area contributed by atoms with E-state index in [4.69, 9.17) is 0 Å². The van der Waals surface area contributed by atoms with Crippen LogP contribution in [0, 0.1) is 59.2 Å². The van der Waals surface area contributed by atoms with Gasteiger partial charge in [0.25, 0.3) is 0 Å². The minimum atomic E-state index is 0.932. The van der Waals surface area contributed by atoms with Crippen LogP contribution in [-0.4, -0.2) is 0 Å². The first kappa shape index (κ1) is 22.9.